The molecule has 0 spiro atoms. The fraction of sp³-hybridized carbons (Fsp3) is 0.941. The predicted molar refractivity (Wildman–Crippen MR) is 85.1 cm³/mol. The summed E-state index contributed by atoms with van der Waals surface area (Å²) in [4.78, 5) is 14.4. The minimum Gasteiger partial charge on any atom is -0.367 e. The number of hydrogen-bond donors (Lipinski definition) is 1. The second-order valence-corrected chi connectivity index (χ2v) is 6.97. The van der Waals surface area contributed by atoms with Crippen LogP contribution in [0.5, 0.6) is 0 Å². The molecule has 0 radical (unpaired) electrons. The summed E-state index contributed by atoms with van der Waals surface area (Å²) < 4.78 is 5.88. The highest BCUT2D eigenvalue weighted by molar-refractivity contribution is 5.80. The molecular weight excluding hydrogens is 264 g/mol. The van der Waals surface area contributed by atoms with Crippen molar-refractivity contribution in [3.8, 4) is 0 Å². The fourth-order valence-electron chi connectivity index (χ4n) is 3.49. The molecule has 1 atom stereocenters. The van der Waals surface area contributed by atoms with Crippen LogP contribution in [0, 0.1) is 0 Å². The van der Waals surface area contributed by atoms with Crippen molar-refractivity contribution in [2.75, 3.05) is 19.7 Å². The van der Waals surface area contributed by atoms with E-state index in [0.717, 1.165) is 38.8 Å². The van der Waals surface area contributed by atoms with Gasteiger partial charge in [-0.05, 0) is 32.6 Å². The molecular formula is C17H32N2O2. The second-order valence-electron chi connectivity index (χ2n) is 6.97. The van der Waals surface area contributed by atoms with Gasteiger partial charge in [-0.1, -0.05) is 38.5 Å². The van der Waals surface area contributed by atoms with Gasteiger partial charge < -0.3 is 15.4 Å². The second kappa shape index (κ2) is 8.14. The van der Waals surface area contributed by atoms with Gasteiger partial charge in [0.05, 0.1) is 6.61 Å². The molecule has 1 aliphatic carbocycles. The smallest absolute Gasteiger partial charge is 0.251 e. The lowest BCUT2D eigenvalue weighted by molar-refractivity contribution is -0.143. The third-order valence-corrected chi connectivity index (χ3v) is 4.99. The summed E-state index contributed by atoms with van der Waals surface area (Å²) in [5.74, 6) is 0.147. The Labute approximate surface area is 129 Å². The molecule has 2 fully saturated rings. The zero-order valence-electron chi connectivity index (χ0n) is 13.6. The van der Waals surface area contributed by atoms with E-state index in [9.17, 15) is 4.79 Å². The van der Waals surface area contributed by atoms with Crippen LogP contribution in [0.3, 0.4) is 0 Å². The number of likely N-dealkylation sites (tertiary alicyclic amines) is 1. The summed E-state index contributed by atoms with van der Waals surface area (Å²) in [5.41, 5.74) is 6.24. The van der Waals surface area contributed by atoms with E-state index >= 15 is 0 Å². The third-order valence-electron chi connectivity index (χ3n) is 4.99. The van der Waals surface area contributed by atoms with Crippen molar-refractivity contribution in [1.82, 2.24) is 4.90 Å². The van der Waals surface area contributed by atoms with E-state index in [1.54, 1.807) is 0 Å². The molecule has 2 N–H and O–H groups in total. The lowest BCUT2D eigenvalue weighted by Gasteiger charge is -2.30. The van der Waals surface area contributed by atoms with Crippen LogP contribution in [0.4, 0.5) is 0 Å². The number of nitrogens with two attached hydrogens (primary N) is 1. The Morgan fingerprint density at radius 2 is 1.57 bits per heavy atom. The van der Waals surface area contributed by atoms with Gasteiger partial charge >= 0.3 is 0 Å². The van der Waals surface area contributed by atoms with Gasteiger partial charge in [-0.2, -0.15) is 0 Å². The average molecular weight is 296 g/mol. The first kappa shape index (κ1) is 16.8. The van der Waals surface area contributed by atoms with Crippen LogP contribution in [-0.2, 0) is 9.53 Å². The molecule has 1 amide bonds. The summed E-state index contributed by atoms with van der Waals surface area (Å²) in [5, 5.41) is 0. The zero-order valence-corrected chi connectivity index (χ0v) is 13.6. The molecule has 1 heterocycles. The maximum Gasteiger partial charge on any atom is 0.251 e. The largest absolute Gasteiger partial charge is 0.367 e. The van der Waals surface area contributed by atoms with E-state index in [0.29, 0.717) is 6.61 Å². The fourth-order valence-corrected chi connectivity index (χ4v) is 3.49. The number of nitrogens with zero attached hydrogens (tertiary/aromatic N) is 1. The predicted octanol–water partition coefficient (Wildman–Crippen LogP) is 2.85. The minimum absolute atomic E-state index is 0.147. The first-order valence-electron chi connectivity index (χ1n) is 8.80. The third kappa shape index (κ3) is 5.26. The first-order valence-corrected chi connectivity index (χ1v) is 8.80. The van der Waals surface area contributed by atoms with Gasteiger partial charge in [-0.3, -0.25) is 4.79 Å². The molecule has 1 saturated heterocycles. The number of carbonyl (C=O) groups excluding carboxylic acids is 1. The standard InChI is InChI=1S/C17H32N2O2/c1-15(16(20)19-12-8-4-5-9-13-19)21-14-17(18)10-6-2-3-7-11-17/h15H,2-14,18H2,1H3. The van der Waals surface area contributed by atoms with Crippen molar-refractivity contribution < 1.29 is 9.53 Å². The Balaban J connectivity index is 1.79. The van der Waals surface area contributed by atoms with Gasteiger partial charge in [0, 0.05) is 18.6 Å². The van der Waals surface area contributed by atoms with Crippen molar-refractivity contribution >= 4 is 5.91 Å². The monoisotopic (exact) mass is 296 g/mol. The van der Waals surface area contributed by atoms with E-state index < -0.39 is 0 Å². The van der Waals surface area contributed by atoms with Crippen LogP contribution in [0.1, 0.15) is 71.1 Å². The molecule has 4 heteroatoms. The van der Waals surface area contributed by atoms with Crippen molar-refractivity contribution in [2.45, 2.75) is 82.8 Å². The van der Waals surface area contributed by atoms with Crippen molar-refractivity contribution in [1.29, 1.82) is 0 Å². The van der Waals surface area contributed by atoms with Crippen molar-refractivity contribution in [3.63, 3.8) is 0 Å². The molecule has 0 aromatic heterocycles. The normalized spacial score (nSPS) is 25.0. The Morgan fingerprint density at radius 1 is 1.05 bits per heavy atom. The molecule has 0 bridgehead atoms. The van der Waals surface area contributed by atoms with E-state index in [1.165, 1.54) is 38.5 Å². The van der Waals surface area contributed by atoms with Crippen LogP contribution in [0.2, 0.25) is 0 Å². The number of hydrogen-bond acceptors (Lipinski definition) is 3. The Morgan fingerprint density at radius 3 is 2.14 bits per heavy atom. The Kier molecular flexibility index (Phi) is 6.49. The number of rotatable bonds is 4. The first-order chi connectivity index (χ1) is 10.1. The maximum atomic E-state index is 12.5. The highest BCUT2D eigenvalue weighted by Gasteiger charge is 2.29. The molecule has 21 heavy (non-hydrogen) atoms. The summed E-state index contributed by atoms with van der Waals surface area (Å²) >= 11 is 0. The summed E-state index contributed by atoms with van der Waals surface area (Å²) in [6.07, 6.45) is 11.4. The van der Waals surface area contributed by atoms with Gasteiger partial charge in [-0.25, -0.2) is 0 Å². The van der Waals surface area contributed by atoms with Crippen molar-refractivity contribution in [2.24, 2.45) is 5.73 Å². The molecule has 122 valence electrons. The van der Waals surface area contributed by atoms with Gasteiger partial charge in [0.25, 0.3) is 5.91 Å². The van der Waals surface area contributed by atoms with Crippen LogP contribution in [0.15, 0.2) is 0 Å². The topological polar surface area (TPSA) is 55.6 Å². The number of amides is 1. The lowest BCUT2D eigenvalue weighted by atomic mass is 9.92. The maximum absolute atomic E-state index is 12.5. The minimum atomic E-state index is -0.355. The summed E-state index contributed by atoms with van der Waals surface area (Å²) in [6, 6.07) is 0. The lowest BCUT2D eigenvalue weighted by Crippen LogP contribution is -2.47. The average Bonchev–Trinajstić information content (AvgIpc) is 2.87. The van der Waals surface area contributed by atoms with E-state index in [-0.39, 0.29) is 17.6 Å². The highest BCUT2D eigenvalue weighted by Crippen LogP contribution is 2.25. The Bertz CT molecular complexity index is 317. The van der Waals surface area contributed by atoms with E-state index in [2.05, 4.69) is 0 Å². The quantitative estimate of drug-likeness (QED) is 0.812. The zero-order chi connectivity index (χ0) is 15.1. The summed E-state index contributed by atoms with van der Waals surface area (Å²) in [7, 11) is 0. The molecule has 2 aliphatic rings. The van der Waals surface area contributed by atoms with Crippen LogP contribution in [-0.4, -0.2) is 42.1 Å². The van der Waals surface area contributed by atoms with Crippen LogP contribution in [0.25, 0.3) is 0 Å². The van der Waals surface area contributed by atoms with Gasteiger partial charge in [0.1, 0.15) is 6.10 Å². The highest BCUT2D eigenvalue weighted by atomic mass is 16.5. The SMILES string of the molecule is CC(OCC1(N)CCCCCC1)C(=O)N1CCCCCC1. The van der Waals surface area contributed by atoms with Crippen LogP contribution >= 0.6 is 0 Å². The molecule has 4 nitrogen and oxygen atoms in total. The molecule has 0 aromatic rings. The molecule has 0 aromatic carbocycles. The summed E-state index contributed by atoms with van der Waals surface area (Å²) in [6.45, 7) is 4.18. The van der Waals surface area contributed by atoms with Gasteiger partial charge in [-0.15, -0.1) is 0 Å². The number of carbonyl (C=O) groups is 1. The molecule has 1 saturated carbocycles. The molecule has 1 aliphatic heterocycles. The molecule has 2 rings (SSSR count). The van der Waals surface area contributed by atoms with Gasteiger partial charge in [0.2, 0.25) is 0 Å². The van der Waals surface area contributed by atoms with Crippen LogP contribution < -0.4 is 5.73 Å². The molecule has 1 unspecified atom stereocenters. The number of ether oxygens (including phenoxy) is 1. The van der Waals surface area contributed by atoms with E-state index in [1.807, 2.05) is 11.8 Å². The Hall–Kier alpha value is -0.610. The van der Waals surface area contributed by atoms with Crippen molar-refractivity contribution in [3.05, 3.63) is 0 Å². The van der Waals surface area contributed by atoms with Gasteiger partial charge in [0.15, 0.2) is 0 Å². The van der Waals surface area contributed by atoms with E-state index in [4.69, 9.17) is 10.5 Å².